The van der Waals surface area contributed by atoms with Crippen LogP contribution in [-0.4, -0.2) is 42.5 Å². The Hall–Kier alpha value is -3.51. The van der Waals surface area contributed by atoms with Crippen LogP contribution in [0.25, 0.3) is 0 Å². The Morgan fingerprint density at radius 1 is 1.05 bits per heavy atom. The fourth-order valence-corrected chi connectivity index (χ4v) is 4.99. The molecule has 1 atom stereocenters. The molecule has 0 saturated heterocycles. The molecule has 0 aliphatic rings. The van der Waals surface area contributed by atoms with Crippen molar-refractivity contribution in [1.29, 1.82) is 0 Å². The second kappa shape index (κ2) is 11.9. The molecular weight excluding hydrogens is 622 g/mol. The Morgan fingerprint density at radius 2 is 1.68 bits per heavy atom. The Bertz CT molecular complexity index is 1430. The molecule has 212 valence electrons. The molecule has 3 aromatic rings. The number of methoxy groups -OCH3 is 1. The topological polar surface area (TPSA) is 79.8 Å². The van der Waals surface area contributed by atoms with Crippen LogP contribution in [0.2, 0.25) is 5.02 Å². The van der Waals surface area contributed by atoms with Gasteiger partial charge in [-0.2, -0.15) is 13.2 Å². The quantitative estimate of drug-likeness (QED) is 0.256. The fourth-order valence-electron chi connectivity index (χ4n) is 3.93. The maximum Gasteiger partial charge on any atom is 0.426 e. The van der Waals surface area contributed by atoms with Gasteiger partial charge < -0.3 is 9.64 Å². The van der Waals surface area contributed by atoms with Gasteiger partial charge in [-0.3, -0.25) is 19.4 Å². The van der Waals surface area contributed by atoms with Crippen molar-refractivity contribution in [3.8, 4) is 5.75 Å². The second-order valence-corrected chi connectivity index (χ2v) is 9.85. The number of carbonyl (C=O) groups excluding carboxylic acids is 3. The molecule has 2 aromatic carbocycles. The van der Waals surface area contributed by atoms with E-state index in [4.69, 9.17) is 16.3 Å². The van der Waals surface area contributed by atoms with Gasteiger partial charge in [-0.05, 0) is 66.2 Å². The number of alkyl halides is 4. The van der Waals surface area contributed by atoms with E-state index < -0.39 is 40.2 Å². The van der Waals surface area contributed by atoms with E-state index in [2.05, 4.69) is 20.9 Å². The lowest BCUT2D eigenvalue weighted by atomic mass is 9.96. The minimum atomic E-state index is -5.25. The van der Waals surface area contributed by atoms with Crippen molar-refractivity contribution >= 4 is 56.6 Å². The first-order chi connectivity index (χ1) is 18.7. The summed E-state index contributed by atoms with van der Waals surface area (Å²) in [5, 5.41) is -0.487. The number of carbonyl (C=O) groups is 3. The molecule has 0 radical (unpaired) electrons. The van der Waals surface area contributed by atoms with E-state index >= 15 is 0 Å². The SMILES string of the molecule is CCN(C(=O)c1ccncc1)c1cccc(C(=O)N(C(C)=O)c2c(Cl)cc(C(C)(F)C(F)(F)F)cc2Br)c1OC. The summed E-state index contributed by atoms with van der Waals surface area (Å²) in [6.07, 6.45) is -2.34. The Balaban J connectivity index is 2.14. The van der Waals surface area contributed by atoms with E-state index in [1.807, 2.05) is 0 Å². The highest BCUT2D eigenvalue weighted by atomic mass is 79.9. The molecule has 3 rings (SSSR count). The highest BCUT2D eigenvalue weighted by Crippen LogP contribution is 2.46. The molecule has 1 heterocycles. The molecule has 13 heteroatoms. The van der Waals surface area contributed by atoms with Gasteiger partial charge in [0.2, 0.25) is 11.6 Å². The Labute approximate surface area is 240 Å². The molecule has 1 aromatic heterocycles. The first kappa shape index (κ1) is 31.0. The molecule has 1 unspecified atom stereocenters. The minimum absolute atomic E-state index is 0.0414. The van der Waals surface area contributed by atoms with Crippen molar-refractivity contribution in [2.24, 2.45) is 0 Å². The van der Waals surface area contributed by atoms with E-state index in [0.717, 1.165) is 13.0 Å². The van der Waals surface area contributed by atoms with Crippen molar-refractivity contribution in [2.45, 2.75) is 32.6 Å². The van der Waals surface area contributed by atoms with Crippen LogP contribution in [0.5, 0.6) is 5.75 Å². The third-order valence-electron chi connectivity index (χ3n) is 6.04. The maximum absolute atomic E-state index is 14.6. The van der Waals surface area contributed by atoms with Gasteiger partial charge in [-0.1, -0.05) is 17.7 Å². The zero-order chi connectivity index (χ0) is 30.0. The number of ether oxygens (including phenoxy) is 1. The van der Waals surface area contributed by atoms with E-state index in [1.54, 1.807) is 13.0 Å². The van der Waals surface area contributed by atoms with Crippen molar-refractivity contribution in [2.75, 3.05) is 23.5 Å². The number of aromatic nitrogens is 1. The first-order valence-electron chi connectivity index (χ1n) is 11.7. The van der Waals surface area contributed by atoms with Crippen molar-refractivity contribution in [1.82, 2.24) is 4.98 Å². The molecule has 0 saturated carbocycles. The molecule has 0 aliphatic carbocycles. The van der Waals surface area contributed by atoms with Gasteiger partial charge >= 0.3 is 6.18 Å². The number of benzene rings is 2. The van der Waals surface area contributed by atoms with Crippen LogP contribution in [0.3, 0.4) is 0 Å². The second-order valence-electron chi connectivity index (χ2n) is 8.59. The molecule has 0 N–H and O–H groups in total. The van der Waals surface area contributed by atoms with Crippen molar-refractivity contribution < 1.29 is 36.7 Å². The monoisotopic (exact) mass is 643 g/mol. The number of pyridine rings is 1. The maximum atomic E-state index is 14.6. The Morgan fingerprint density at radius 3 is 2.17 bits per heavy atom. The lowest BCUT2D eigenvalue weighted by Crippen LogP contribution is -2.37. The molecule has 0 aliphatic heterocycles. The predicted molar refractivity (Wildman–Crippen MR) is 146 cm³/mol. The fraction of sp³-hybridized carbons (Fsp3) is 0.259. The number of anilines is 2. The zero-order valence-electron chi connectivity index (χ0n) is 21.6. The largest absolute Gasteiger partial charge is 0.494 e. The summed E-state index contributed by atoms with van der Waals surface area (Å²) < 4.78 is 59.8. The van der Waals surface area contributed by atoms with Gasteiger partial charge in [-0.15, -0.1) is 0 Å². The van der Waals surface area contributed by atoms with E-state index in [9.17, 15) is 31.9 Å². The molecule has 0 bridgehead atoms. The van der Waals surface area contributed by atoms with Gasteiger partial charge in [0.25, 0.3) is 11.8 Å². The van der Waals surface area contributed by atoms with Crippen LogP contribution >= 0.6 is 27.5 Å². The molecule has 0 spiro atoms. The highest BCUT2D eigenvalue weighted by Gasteiger charge is 2.53. The normalized spacial score (nSPS) is 12.8. The minimum Gasteiger partial charge on any atom is -0.494 e. The van der Waals surface area contributed by atoms with Gasteiger partial charge in [0.05, 0.1) is 29.1 Å². The number of nitrogens with zero attached hydrogens (tertiary/aromatic N) is 3. The van der Waals surface area contributed by atoms with Crippen molar-refractivity contribution in [3.63, 3.8) is 0 Å². The molecule has 7 nitrogen and oxygen atoms in total. The zero-order valence-corrected chi connectivity index (χ0v) is 24.0. The number of hydrogen-bond acceptors (Lipinski definition) is 5. The summed E-state index contributed by atoms with van der Waals surface area (Å²) >= 11 is 9.29. The predicted octanol–water partition coefficient (Wildman–Crippen LogP) is 7.11. The summed E-state index contributed by atoms with van der Waals surface area (Å²) in [5.41, 5.74) is -4.48. The molecular formula is C27H23BrClF4N3O4. The number of para-hydroxylation sites is 1. The first-order valence-corrected chi connectivity index (χ1v) is 12.8. The van der Waals surface area contributed by atoms with E-state index in [-0.39, 0.29) is 33.7 Å². The van der Waals surface area contributed by atoms with E-state index in [1.165, 1.54) is 48.7 Å². The van der Waals surface area contributed by atoms with Crippen LogP contribution < -0.4 is 14.5 Å². The Kier molecular flexibility index (Phi) is 9.25. The van der Waals surface area contributed by atoms with E-state index in [0.29, 0.717) is 23.5 Å². The van der Waals surface area contributed by atoms with Gasteiger partial charge in [0.1, 0.15) is 0 Å². The summed E-state index contributed by atoms with van der Waals surface area (Å²) in [7, 11) is 1.27. The molecule has 3 amide bonds. The summed E-state index contributed by atoms with van der Waals surface area (Å²) in [6.45, 7) is 3.28. The van der Waals surface area contributed by atoms with Crippen LogP contribution in [0.1, 0.15) is 47.1 Å². The highest BCUT2D eigenvalue weighted by molar-refractivity contribution is 9.10. The third kappa shape index (κ3) is 5.83. The number of halogens is 6. The molecule has 0 fully saturated rings. The van der Waals surface area contributed by atoms with Crippen molar-refractivity contribution in [3.05, 3.63) is 81.0 Å². The van der Waals surface area contributed by atoms with Crippen LogP contribution in [0.15, 0.2) is 59.3 Å². The lowest BCUT2D eigenvalue weighted by Gasteiger charge is -2.28. The number of hydrogen-bond donors (Lipinski definition) is 0. The van der Waals surface area contributed by atoms with Crippen LogP contribution in [0.4, 0.5) is 28.9 Å². The van der Waals surface area contributed by atoms with Crippen LogP contribution in [0, 0.1) is 0 Å². The van der Waals surface area contributed by atoms with Gasteiger partial charge in [0, 0.05) is 41.5 Å². The summed E-state index contributed by atoms with van der Waals surface area (Å²) in [5.74, 6) is -2.24. The summed E-state index contributed by atoms with van der Waals surface area (Å²) in [4.78, 5) is 45.6. The molecule has 40 heavy (non-hydrogen) atoms. The number of amides is 3. The number of rotatable bonds is 7. The lowest BCUT2D eigenvalue weighted by molar-refractivity contribution is -0.228. The average molecular weight is 645 g/mol. The summed E-state index contributed by atoms with van der Waals surface area (Å²) in [6, 6.07) is 8.93. The average Bonchev–Trinajstić information content (AvgIpc) is 2.90. The van der Waals surface area contributed by atoms with Gasteiger partial charge in [-0.25, -0.2) is 9.29 Å². The van der Waals surface area contributed by atoms with Gasteiger partial charge in [0.15, 0.2) is 5.75 Å². The smallest absolute Gasteiger partial charge is 0.426 e. The standard InChI is InChI=1S/C27H23BrClF4N3O4/c1-5-35(24(38)16-9-11-34-12-10-16)21-8-6-7-18(23(21)40-4)25(39)36(15(2)37)22-19(28)13-17(14-20(22)29)26(3,30)27(31,32)33/h6-14H,5H2,1-4H3. The third-order valence-corrected chi connectivity index (χ3v) is 6.93. The van der Waals surface area contributed by atoms with Crippen LogP contribution in [-0.2, 0) is 10.5 Å². The number of imide groups is 1.